The number of aromatic nitrogens is 6. The van der Waals surface area contributed by atoms with E-state index >= 15 is 0 Å². The van der Waals surface area contributed by atoms with Crippen LogP contribution in [0.25, 0.3) is 17.2 Å². The molecule has 0 bridgehead atoms. The molecule has 4 rings (SSSR count). The number of anilines is 1. The number of thiazole rings is 1. The SMILES string of the molecule is Cc1ccn2ncc(C(=O)Nc3nc(-c4nccn4C)cs3)c2n1. The number of fused-ring (bicyclic) bond motifs is 1. The minimum absolute atomic E-state index is 0.288. The Morgan fingerprint density at radius 3 is 2.96 bits per heavy atom. The molecule has 0 aliphatic rings. The van der Waals surface area contributed by atoms with Crippen molar-refractivity contribution >= 4 is 28.0 Å². The zero-order valence-electron chi connectivity index (χ0n) is 13.0. The highest BCUT2D eigenvalue weighted by Gasteiger charge is 2.16. The van der Waals surface area contributed by atoms with Crippen LogP contribution in [0.2, 0.25) is 0 Å². The Labute approximate surface area is 140 Å². The lowest BCUT2D eigenvalue weighted by molar-refractivity contribution is 0.102. The Morgan fingerprint density at radius 2 is 2.17 bits per heavy atom. The van der Waals surface area contributed by atoms with Gasteiger partial charge in [0.25, 0.3) is 5.91 Å². The Balaban J connectivity index is 1.61. The molecule has 8 nitrogen and oxygen atoms in total. The second-order valence-electron chi connectivity index (χ2n) is 5.25. The van der Waals surface area contributed by atoms with E-state index in [1.165, 1.54) is 17.5 Å². The standard InChI is InChI=1S/C15H13N7OS/c1-9-3-5-22-12(18-9)10(7-17-22)14(23)20-15-19-11(8-24-15)13-16-4-6-21(13)2/h3-8H,1-2H3,(H,19,20,23). The molecule has 1 amide bonds. The maximum Gasteiger partial charge on any atom is 0.262 e. The van der Waals surface area contributed by atoms with Crippen LogP contribution >= 0.6 is 11.3 Å². The van der Waals surface area contributed by atoms with Crippen molar-refractivity contribution in [2.24, 2.45) is 7.05 Å². The van der Waals surface area contributed by atoms with Gasteiger partial charge in [-0.05, 0) is 13.0 Å². The van der Waals surface area contributed by atoms with Crippen LogP contribution in [0, 0.1) is 6.92 Å². The van der Waals surface area contributed by atoms with Crippen molar-refractivity contribution in [1.82, 2.24) is 29.1 Å². The van der Waals surface area contributed by atoms with Crippen LogP contribution in [0.3, 0.4) is 0 Å². The summed E-state index contributed by atoms with van der Waals surface area (Å²) < 4.78 is 3.45. The summed E-state index contributed by atoms with van der Waals surface area (Å²) in [5.74, 6) is 0.462. The summed E-state index contributed by atoms with van der Waals surface area (Å²) in [6, 6.07) is 1.83. The van der Waals surface area contributed by atoms with Gasteiger partial charge in [-0.1, -0.05) is 0 Å². The molecule has 0 unspecified atom stereocenters. The van der Waals surface area contributed by atoms with E-state index < -0.39 is 0 Å². The van der Waals surface area contributed by atoms with Crippen molar-refractivity contribution in [2.45, 2.75) is 6.92 Å². The minimum Gasteiger partial charge on any atom is -0.333 e. The van der Waals surface area contributed by atoms with E-state index in [9.17, 15) is 4.79 Å². The van der Waals surface area contributed by atoms with Crippen LogP contribution in [0.4, 0.5) is 5.13 Å². The van der Waals surface area contributed by atoms with Gasteiger partial charge in [0.05, 0.1) is 6.20 Å². The van der Waals surface area contributed by atoms with Gasteiger partial charge in [-0.2, -0.15) is 5.10 Å². The molecule has 0 aliphatic heterocycles. The van der Waals surface area contributed by atoms with Gasteiger partial charge in [0.2, 0.25) is 0 Å². The number of hydrogen-bond acceptors (Lipinski definition) is 6. The molecule has 0 saturated carbocycles. The van der Waals surface area contributed by atoms with Crippen molar-refractivity contribution in [1.29, 1.82) is 0 Å². The first-order valence-electron chi connectivity index (χ1n) is 7.17. The zero-order valence-corrected chi connectivity index (χ0v) is 13.8. The number of hydrogen-bond donors (Lipinski definition) is 1. The average molecular weight is 339 g/mol. The summed E-state index contributed by atoms with van der Waals surface area (Å²) in [7, 11) is 1.90. The lowest BCUT2D eigenvalue weighted by Gasteiger charge is -2.00. The van der Waals surface area contributed by atoms with Crippen molar-refractivity contribution < 1.29 is 4.79 Å². The first kappa shape index (κ1) is 14.5. The van der Waals surface area contributed by atoms with Crippen molar-refractivity contribution in [3.8, 4) is 11.5 Å². The number of carbonyl (C=O) groups is 1. The van der Waals surface area contributed by atoms with Gasteiger partial charge in [0, 0.05) is 36.7 Å². The number of rotatable bonds is 3. The van der Waals surface area contributed by atoms with E-state index in [0.717, 1.165) is 17.2 Å². The molecule has 9 heteroatoms. The molecule has 4 aromatic rings. The van der Waals surface area contributed by atoms with Crippen molar-refractivity contribution in [3.63, 3.8) is 0 Å². The molecule has 0 atom stereocenters. The molecular formula is C15H13N7OS. The summed E-state index contributed by atoms with van der Waals surface area (Å²) in [4.78, 5) is 25.5. The van der Waals surface area contributed by atoms with Gasteiger partial charge in [-0.25, -0.2) is 19.5 Å². The molecule has 0 aliphatic carbocycles. The Hall–Kier alpha value is -3.07. The zero-order chi connectivity index (χ0) is 16.7. The number of amides is 1. The smallest absolute Gasteiger partial charge is 0.262 e. The summed E-state index contributed by atoms with van der Waals surface area (Å²) in [6.45, 7) is 1.87. The highest BCUT2D eigenvalue weighted by atomic mass is 32.1. The van der Waals surface area contributed by atoms with Gasteiger partial charge >= 0.3 is 0 Å². The van der Waals surface area contributed by atoms with Gasteiger partial charge in [0.15, 0.2) is 16.6 Å². The summed E-state index contributed by atoms with van der Waals surface area (Å²) in [6.07, 6.45) is 6.83. The average Bonchev–Trinajstić information content (AvgIpc) is 3.26. The third-order valence-corrected chi connectivity index (χ3v) is 4.29. The molecule has 4 aromatic heterocycles. The third kappa shape index (κ3) is 2.44. The van der Waals surface area contributed by atoms with E-state index in [-0.39, 0.29) is 5.91 Å². The van der Waals surface area contributed by atoms with Gasteiger partial charge in [0.1, 0.15) is 11.3 Å². The number of aryl methyl sites for hydroxylation is 2. The molecule has 0 saturated heterocycles. The second kappa shape index (κ2) is 5.53. The minimum atomic E-state index is -0.288. The summed E-state index contributed by atoms with van der Waals surface area (Å²) in [5, 5.41) is 9.30. The Bertz CT molecular complexity index is 1050. The molecule has 120 valence electrons. The predicted octanol–water partition coefficient (Wildman–Crippen LogP) is 2.15. The fourth-order valence-corrected chi connectivity index (χ4v) is 3.01. The molecule has 0 fully saturated rings. The lowest BCUT2D eigenvalue weighted by Crippen LogP contribution is -2.12. The summed E-state index contributed by atoms with van der Waals surface area (Å²) in [5.41, 5.74) is 2.47. The van der Waals surface area contributed by atoms with E-state index in [2.05, 4.69) is 25.4 Å². The van der Waals surface area contributed by atoms with Crippen molar-refractivity contribution in [2.75, 3.05) is 5.32 Å². The molecule has 24 heavy (non-hydrogen) atoms. The monoisotopic (exact) mass is 339 g/mol. The normalized spacial score (nSPS) is 11.1. The number of nitrogens with one attached hydrogen (secondary N) is 1. The maximum atomic E-state index is 12.5. The number of nitrogens with zero attached hydrogens (tertiary/aromatic N) is 6. The predicted molar refractivity (Wildman–Crippen MR) is 90.0 cm³/mol. The number of carbonyl (C=O) groups excluding carboxylic acids is 1. The highest BCUT2D eigenvalue weighted by molar-refractivity contribution is 7.14. The molecule has 0 aromatic carbocycles. The fraction of sp³-hybridized carbons (Fsp3) is 0.133. The van der Waals surface area contributed by atoms with Crippen LogP contribution in [0.15, 0.2) is 36.2 Å². The van der Waals surface area contributed by atoms with Crippen LogP contribution in [-0.4, -0.2) is 35.0 Å². The second-order valence-corrected chi connectivity index (χ2v) is 6.11. The van der Waals surface area contributed by atoms with Gasteiger partial charge < -0.3 is 4.57 Å². The highest BCUT2D eigenvalue weighted by Crippen LogP contribution is 2.24. The Morgan fingerprint density at radius 1 is 1.29 bits per heavy atom. The lowest BCUT2D eigenvalue weighted by atomic mass is 10.3. The summed E-state index contributed by atoms with van der Waals surface area (Å²) >= 11 is 1.35. The molecule has 0 radical (unpaired) electrons. The largest absolute Gasteiger partial charge is 0.333 e. The van der Waals surface area contributed by atoms with Crippen LogP contribution in [-0.2, 0) is 7.05 Å². The van der Waals surface area contributed by atoms with E-state index in [1.807, 2.05) is 36.2 Å². The molecule has 4 heterocycles. The maximum absolute atomic E-state index is 12.5. The van der Waals surface area contributed by atoms with Crippen molar-refractivity contribution in [3.05, 3.63) is 47.5 Å². The topological polar surface area (TPSA) is 90.0 Å². The molecule has 1 N–H and O–H groups in total. The van der Waals surface area contributed by atoms with Crippen LogP contribution < -0.4 is 5.32 Å². The Kier molecular flexibility index (Phi) is 3.35. The number of imidazole rings is 1. The van der Waals surface area contributed by atoms with E-state index in [1.54, 1.807) is 16.9 Å². The van der Waals surface area contributed by atoms with Gasteiger partial charge in [-0.3, -0.25) is 10.1 Å². The molecule has 0 spiro atoms. The van der Waals surface area contributed by atoms with E-state index in [0.29, 0.717) is 16.3 Å². The van der Waals surface area contributed by atoms with Crippen LogP contribution in [0.5, 0.6) is 0 Å². The third-order valence-electron chi connectivity index (χ3n) is 3.53. The van der Waals surface area contributed by atoms with Crippen LogP contribution in [0.1, 0.15) is 16.1 Å². The first-order valence-corrected chi connectivity index (χ1v) is 8.05. The van der Waals surface area contributed by atoms with E-state index in [4.69, 9.17) is 0 Å². The quantitative estimate of drug-likeness (QED) is 0.618. The molecular weight excluding hydrogens is 326 g/mol. The first-order chi connectivity index (χ1) is 11.6. The van der Waals surface area contributed by atoms with Gasteiger partial charge in [-0.15, -0.1) is 11.3 Å². The fourth-order valence-electron chi connectivity index (χ4n) is 2.33.